The van der Waals surface area contributed by atoms with Gasteiger partial charge in [0.05, 0.1) is 0 Å². The first-order valence-corrected chi connectivity index (χ1v) is 6.72. The van der Waals surface area contributed by atoms with E-state index in [1.165, 1.54) is 12.8 Å². The number of rotatable bonds is 4. The first-order valence-electron chi connectivity index (χ1n) is 6.72. The Hall–Kier alpha value is -0.570. The molecule has 0 saturated heterocycles. The van der Waals surface area contributed by atoms with E-state index in [0.29, 0.717) is 12.3 Å². The van der Waals surface area contributed by atoms with Gasteiger partial charge >= 0.3 is 0 Å². The van der Waals surface area contributed by atoms with Crippen LogP contribution in [0.15, 0.2) is 0 Å². The molecule has 0 radical (unpaired) electrons. The van der Waals surface area contributed by atoms with Crippen LogP contribution >= 0.6 is 0 Å². The summed E-state index contributed by atoms with van der Waals surface area (Å²) in [5, 5.41) is 3.23. The first kappa shape index (κ1) is 11.9. The number of nitrogens with one attached hydrogen (secondary N) is 1. The average molecular weight is 224 g/mol. The number of nitrogens with two attached hydrogens (primary N) is 1. The summed E-state index contributed by atoms with van der Waals surface area (Å²) in [4.78, 5) is 11.9. The fourth-order valence-corrected chi connectivity index (χ4v) is 3.07. The molecule has 16 heavy (non-hydrogen) atoms. The minimum atomic E-state index is 0.139. The largest absolute Gasteiger partial charge is 0.351 e. The van der Waals surface area contributed by atoms with Crippen LogP contribution in [0.4, 0.5) is 0 Å². The second kappa shape index (κ2) is 4.74. The van der Waals surface area contributed by atoms with Gasteiger partial charge in [-0.3, -0.25) is 4.79 Å². The fourth-order valence-electron chi connectivity index (χ4n) is 3.07. The highest BCUT2D eigenvalue weighted by Gasteiger charge is 2.37. The average Bonchev–Trinajstić information content (AvgIpc) is 2.58. The third kappa shape index (κ3) is 2.40. The molecule has 0 aromatic carbocycles. The molecule has 3 heteroatoms. The van der Waals surface area contributed by atoms with Crippen molar-refractivity contribution in [3.8, 4) is 0 Å². The van der Waals surface area contributed by atoms with E-state index in [4.69, 9.17) is 5.73 Å². The van der Waals surface area contributed by atoms with E-state index in [-0.39, 0.29) is 17.5 Å². The Labute approximate surface area is 98.2 Å². The van der Waals surface area contributed by atoms with E-state index in [1.54, 1.807) is 0 Å². The molecule has 0 bridgehead atoms. The topological polar surface area (TPSA) is 55.1 Å². The van der Waals surface area contributed by atoms with Crippen molar-refractivity contribution in [1.29, 1.82) is 0 Å². The van der Waals surface area contributed by atoms with Gasteiger partial charge in [0.2, 0.25) is 5.91 Å². The lowest BCUT2D eigenvalue weighted by Crippen LogP contribution is -2.53. The smallest absolute Gasteiger partial charge is 0.220 e. The Morgan fingerprint density at radius 3 is 2.56 bits per heavy atom. The molecule has 2 aliphatic rings. The summed E-state index contributed by atoms with van der Waals surface area (Å²) < 4.78 is 0. The summed E-state index contributed by atoms with van der Waals surface area (Å²) in [6, 6.07) is 0.254. The standard InChI is InChI=1S/C13H24N2O/c1-2-13(7-4-8-13)15-12(16)9-10-5-3-6-11(10)14/h10-11H,2-9,14H2,1H3,(H,15,16)/t10-,11+/m0/s1. The SMILES string of the molecule is CCC1(NC(=O)C[C@@H]2CCC[C@H]2N)CCC1. The zero-order chi connectivity index (χ0) is 11.6. The Morgan fingerprint density at radius 1 is 1.38 bits per heavy atom. The molecular weight excluding hydrogens is 200 g/mol. The molecule has 0 aromatic rings. The lowest BCUT2D eigenvalue weighted by atomic mass is 9.74. The van der Waals surface area contributed by atoms with Crippen LogP contribution in [0, 0.1) is 5.92 Å². The van der Waals surface area contributed by atoms with Gasteiger partial charge in [-0.1, -0.05) is 13.3 Å². The van der Waals surface area contributed by atoms with Crippen molar-refractivity contribution in [2.45, 2.75) is 69.9 Å². The van der Waals surface area contributed by atoms with E-state index < -0.39 is 0 Å². The molecule has 0 spiro atoms. The van der Waals surface area contributed by atoms with Gasteiger partial charge in [-0.05, 0) is 44.4 Å². The van der Waals surface area contributed by atoms with Gasteiger partial charge in [0.15, 0.2) is 0 Å². The fraction of sp³-hybridized carbons (Fsp3) is 0.923. The van der Waals surface area contributed by atoms with E-state index in [0.717, 1.165) is 32.1 Å². The second-order valence-electron chi connectivity index (χ2n) is 5.59. The predicted molar refractivity (Wildman–Crippen MR) is 64.9 cm³/mol. The molecule has 92 valence electrons. The van der Waals surface area contributed by atoms with Gasteiger partial charge in [0, 0.05) is 18.0 Å². The van der Waals surface area contributed by atoms with Crippen molar-refractivity contribution >= 4 is 5.91 Å². The van der Waals surface area contributed by atoms with E-state index in [2.05, 4.69) is 12.2 Å². The summed E-state index contributed by atoms with van der Waals surface area (Å²) >= 11 is 0. The van der Waals surface area contributed by atoms with Crippen LogP contribution in [-0.4, -0.2) is 17.5 Å². The molecule has 1 amide bonds. The van der Waals surface area contributed by atoms with Gasteiger partial charge in [-0.15, -0.1) is 0 Å². The highest BCUT2D eigenvalue weighted by molar-refractivity contribution is 5.77. The molecule has 2 atom stereocenters. The van der Waals surface area contributed by atoms with Crippen LogP contribution in [-0.2, 0) is 4.79 Å². The third-order valence-corrected chi connectivity index (χ3v) is 4.56. The number of hydrogen-bond donors (Lipinski definition) is 2. The van der Waals surface area contributed by atoms with Crippen molar-refractivity contribution in [2.75, 3.05) is 0 Å². The summed E-state index contributed by atoms with van der Waals surface area (Å²) in [6.07, 6.45) is 8.70. The monoisotopic (exact) mass is 224 g/mol. The number of carbonyl (C=O) groups is 1. The van der Waals surface area contributed by atoms with Crippen molar-refractivity contribution in [1.82, 2.24) is 5.32 Å². The maximum absolute atomic E-state index is 11.9. The molecule has 0 aromatic heterocycles. The van der Waals surface area contributed by atoms with Gasteiger partial charge < -0.3 is 11.1 Å². The second-order valence-corrected chi connectivity index (χ2v) is 5.59. The van der Waals surface area contributed by atoms with Crippen LogP contribution in [0.3, 0.4) is 0 Å². The minimum Gasteiger partial charge on any atom is -0.351 e. The van der Waals surface area contributed by atoms with E-state index in [9.17, 15) is 4.79 Å². The lowest BCUT2D eigenvalue weighted by molar-refractivity contribution is -0.125. The molecule has 2 saturated carbocycles. The Balaban J connectivity index is 1.79. The molecule has 2 fully saturated rings. The maximum Gasteiger partial charge on any atom is 0.220 e. The van der Waals surface area contributed by atoms with Crippen molar-refractivity contribution in [3.05, 3.63) is 0 Å². The van der Waals surface area contributed by atoms with Crippen molar-refractivity contribution in [3.63, 3.8) is 0 Å². The molecule has 3 nitrogen and oxygen atoms in total. The lowest BCUT2D eigenvalue weighted by Gasteiger charge is -2.42. The van der Waals surface area contributed by atoms with Crippen molar-refractivity contribution < 1.29 is 4.79 Å². The highest BCUT2D eigenvalue weighted by atomic mass is 16.1. The van der Waals surface area contributed by atoms with Crippen LogP contribution in [0.1, 0.15) is 58.3 Å². The minimum absolute atomic E-state index is 0.139. The molecule has 3 N–H and O–H groups in total. The van der Waals surface area contributed by atoms with Gasteiger partial charge in [0.25, 0.3) is 0 Å². The van der Waals surface area contributed by atoms with Crippen LogP contribution in [0.25, 0.3) is 0 Å². The number of hydrogen-bond acceptors (Lipinski definition) is 2. The van der Waals surface area contributed by atoms with Crippen LogP contribution < -0.4 is 11.1 Å². The van der Waals surface area contributed by atoms with Gasteiger partial charge in [0.1, 0.15) is 0 Å². The number of amides is 1. The van der Waals surface area contributed by atoms with Crippen molar-refractivity contribution in [2.24, 2.45) is 11.7 Å². The molecule has 0 heterocycles. The molecular formula is C13H24N2O. The normalized spacial score (nSPS) is 32.1. The predicted octanol–water partition coefficient (Wildman–Crippen LogP) is 1.95. The Morgan fingerprint density at radius 2 is 2.12 bits per heavy atom. The highest BCUT2D eigenvalue weighted by Crippen LogP contribution is 2.35. The zero-order valence-corrected chi connectivity index (χ0v) is 10.3. The van der Waals surface area contributed by atoms with E-state index in [1.807, 2.05) is 0 Å². The molecule has 0 aliphatic heterocycles. The Bertz CT molecular complexity index is 255. The zero-order valence-electron chi connectivity index (χ0n) is 10.3. The third-order valence-electron chi connectivity index (χ3n) is 4.56. The van der Waals surface area contributed by atoms with Gasteiger partial charge in [-0.2, -0.15) is 0 Å². The summed E-state index contributed by atoms with van der Waals surface area (Å²) in [5.41, 5.74) is 6.13. The van der Waals surface area contributed by atoms with Crippen LogP contribution in [0.5, 0.6) is 0 Å². The number of carbonyl (C=O) groups excluding carboxylic acids is 1. The van der Waals surface area contributed by atoms with E-state index >= 15 is 0 Å². The van der Waals surface area contributed by atoms with Gasteiger partial charge in [-0.25, -0.2) is 0 Å². The maximum atomic E-state index is 11.9. The first-order chi connectivity index (χ1) is 7.65. The molecule has 2 rings (SSSR count). The summed E-state index contributed by atoms with van der Waals surface area (Å²) in [6.45, 7) is 2.17. The van der Waals surface area contributed by atoms with Crippen LogP contribution in [0.2, 0.25) is 0 Å². The summed E-state index contributed by atoms with van der Waals surface area (Å²) in [5.74, 6) is 0.651. The Kier molecular flexibility index (Phi) is 3.53. The quantitative estimate of drug-likeness (QED) is 0.767. The molecule has 0 unspecified atom stereocenters. The molecule has 2 aliphatic carbocycles. The summed E-state index contributed by atoms with van der Waals surface area (Å²) in [7, 11) is 0.